The van der Waals surface area contributed by atoms with Gasteiger partial charge in [-0.2, -0.15) is 0 Å². The minimum atomic E-state index is -0.362. The van der Waals surface area contributed by atoms with Crippen LogP contribution in [0.25, 0.3) is 0 Å². The fourth-order valence-electron chi connectivity index (χ4n) is 1.24. The molecule has 1 aromatic carbocycles. The molecule has 78 valence electrons. The minimum Gasteiger partial charge on any atom is -0.390 e. The van der Waals surface area contributed by atoms with Crippen molar-refractivity contribution in [3.8, 4) is 0 Å². The molecular weight excluding hydrogens is 176 g/mol. The maximum atomic E-state index is 9.48. The Morgan fingerprint density at radius 2 is 1.93 bits per heavy atom. The van der Waals surface area contributed by atoms with Crippen LogP contribution in [0, 0.1) is 0 Å². The van der Waals surface area contributed by atoms with Gasteiger partial charge in [0, 0.05) is 0 Å². The van der Waals surface area contributed by atoms with Gasteiger partial charge in [-0.3, -0.25) is 0 Å². The van der Waals surface area contributed by atoms with Crippen molar-refractivity contribution >= 4 is 0 Å². The van der Waals surface area contributed by atoms with Crippen LogP contribution < -0.4 is 0 Å². The van der Waals surface area contributed by atoms with Gasteiger partial charge in [0.25, 0.3) is 0 Å². The van der Waals surface area contributed by atoms with Crippen LogP contribution in [0.5, 0.6) is 0 Å². The Morgan fingerprint density at radius 3 is 2.50 bits per heavy atom. The first-order chi connectivity index (χ1) is 6.74. The van der Waals surface area contributed by atoms with E-state index in [9.17, 15) is 5.11 Å². The lowest BCUT2D eigenvalue weighted by molar-refractivity contribution is -0.0360. The van der Waals surface area contributed by atoms with E-state index in [1.165, 1.54) is 0 Å². The van der Waals surface area contributed by atoms with E-state index >= 15 is 0 Å². The zero-order valence-electron chi connectivity index (χ0n) is 8.81. The molecule has 1 aromatic rings. The van der Waals surface area contributed by atoms with Gasteiger partial charge in [0.1, 0.15) is 0 Å². The lowest BCUT2D eigenvalue weighted by Crippen LogP contribution is -2.24. The highest BCUT2D eigenvalue weighted by Crippen LogP contribution is 2.07. The molecule has 0 fully saturated rings. The second-order valence-corrected chi connectivity index (χ2v) is 3.48. The second kappa shape index (κ2) is 5.78. The Labute approximate surface area is 85.5 Å². The predicted molar refractivity (Wildman–Crippen MR) is 57.0 cm³/mol. The first-order valence-electron chi connectivity index (χ1n) is 5.07. The molecule has 0 aromatic heterocycles. The fraction of sp³-hybridized carbons (Fsp3) is 0.500. The van der Waals surface area contributed by atoms with Crippen molar-refractivity contribution in [2.75, 3.05) is 0 Å². The van der Waals surface area contributed by atoms with Crippen molar-refractivity contribution in [3.05, 3.63) is 35.9 Å². The van der Waals surface area contributed by atoms with E-state index in [1.807, 2.05) is 44.2 Å². The SMILES string of the molecule is CC[C@@H](O)[C@H](C)OCc1ccccc1. The van der Waals surface area contributed by atoms with E-state index in [-0.39, 0.29) is 12.2 Å². The van der Waals surface area contributed by atoms with Gasteiger partial charge in [-0.1, -0.05) is 37.3 Å². The van der Waals surface area contributed by atoms with Crippen LogP contribution in [0.4, 0.5) is 0 Å². The number of benzene rings is 1. The maximum Gasteiger partial charge on any atom is 0.0810 e. The van der Waals surface area contributed by atoms with E-state index in [2.05, 4.69) is 0 Å². The normalized spacial score (nSPS) is 15.1. The summed E-state index contributed by atoms with van der Waals surface area (Å²) in [5.41, 5.74) is 1.14. The van der Waals surface area contributed by atoms with Crippen molar-refractivity contribution in [1.82, 2.24) is 0 Å². The third-order valence-corrected chi connectivity index (χ3v) is 2.32. The lowest BCUT2D eigenvalue weighted by atomic mass is 10.2. The second-order valence-electron chi connectivity index (χ2n) is 3.48. The summed E-state index contributed by atoms with van der Waals surface area (Å²) in [6.45, 7) is 4.42. The van der Waals surface area contributed by atoms with Crippen molar-refractivity contribution in [1.29, 1.82) is 0 Å². The Kier molecular flexibility index (Phi) is 4.63. The van der Waals surface area contributed by atoms with Crippen LogP contribution in [-0.4, -0.2) is 17.3 Å². The van der Waals surface area contributed by atoms with Gasteiger partial charge in [-0.15, -0.1) is 0 Å². The van der Waals surface area contributed by atoms with Gasteiger partial charge in [0.2, 0.25) is 0 Å². The van der Waals surface area contributed by atoms with E-state index in [0.29, 0.717) is 6.61 Å². The highest BCUT2D eigenvalue weighted by Gasteiger charge is 2.11. The monoisotopic (exact) mass is 194 g/mol. The number of hydrogen-bond donors (Lipinski definition) is 1. The Balaban J connectivity index is 2.34. The van der Waals surface area contributed by atoms with Crippen LogP contribution in [0.3, 0.4) is 0 Å². The van der Waals surface area contributed by atoms with Gasteiger partial charge >= 0.3 is 0 Å². The van der Waals surface area contributed by atoms with E-state index in [4.69, 9.17) is 4.74 Å². The summed E-state index contributed by atoms with van der Waals surface area (Å²) >= 11 is 0. The van der Waals surface area contributed by atoms with Gasteiger partial charge < -0.3 is 9.84 Å². The summed E-state index contributed by atoms with van der Waals surface area (Å²) in [4.78, 5) is 0. The standard InChI is InChI=1S/C12H18O2/c1-3-12(13)10(2)14-9-11-7-5-4-6-8-11/h4-8,10,12-13H,3,9H2,1-2H3/t10-,12+/m0/s1. The molecule has 0 saturated carbocycles. The summed E-state index contributed by atoms with van der Waals surface area (Å²) in [7, 11) is 0. The van der Waals surface area contributed by atoms with Crippen LogP contribution in [-0.2, 0) is 11.3 Å². The number of aliphatic hydroxyl groups is 1. The van der Waals surface area contributed by atoms with Crippen LogP contribution in [0.1, 0.15) is 25.8 Å². The average Bonchev–Trinajstić information content (AvgIpc) is 2.26. The Morgan fingerprint density at radius 1 is 1.29 bits per heavy atom. The first-order valence-corrected chi connectivity index (χ1v) is 5.07. The van der Waals surface area contributed by atoms with Gasteiger partial charge in [-0.25, -0.2) is 0 Å². The zero-order chi connectivity index (χ0) is 10.4. The topological polar surface area (TPSA) is 29.5 Å². The fourth-order valence-corrected chi connectivity index (χ4v) is 1.24. The Hall–Kier alpha value is -0.860. The molecule has 2 nitrogen and oxygen atoms in total. The van der Waals surface area contributed by atoms with Crippen molar-refractivity contribution in [2.24, 2.45) is 0 Å². The molecule has 0 unspecified atom stereocenters. The zero-order valence-corrected chi connectivity index (χ0v) is 8.81. The molecule has 0 amide bonds. The molecular formula is C12H18O2. The molecule has 1 rings (SSSR count). The van der Waals surface area contributed by atoms with Gasteiger partial charge in [0.05, 0.1) is 18.8 Å². The molecule has 0 saturated heterocycles. The molecule has 14 heavy (non-hydrogen) atoms. The van der Waals surface area contributed by atoms with Crippen LogP contribution >= 0.6 is 0 Å². The highest BCUT2D eigenvalue weighted by molar-refractivity contribution is 5.13. The summed E-state index contributed by atoms with van der Waals surface area (Å²) in [6.07, 6.45) is 0.273. The van der Waals surface area contributed by atoms with Crippen molar-refractivity contribution in [3.63, 3.8) is 0 Å². The largest absolute Gasteiger partial charge is 0.390 e. The molecule has 0 aliphatic rings. The molecule has 0 radical (unpaired) electrons. The van der Waals surface area contributed by atoms with Crippen LogP contribution in [0.15, 0.2) is 30.3 Å². The summed E-state index contributed by atoms with van der Waals surface area (Å²) < 4.78 is 5.53. The van der Waals surface area contributed by atoms with E-state index in [0.717, 1.165) is 12.0 Å². The molecule has 2 heteroatoms. The number of rotatable bonds is 5. The average molecular weight is 194 g/mol. The lowest BCUT2D eigenvalue weighted by Gasteiger charge is -2.17. The Bertz CT molecular complexity index is 246. The summed E-state index contributed by atoms with van der Waals surface area (Å²) in [6, 6.07) is 9.99. The summed E-state index contributed by atoms with van der Waals surface area (Å²) in [5, 5.41) is 9.48. The smallest absolute Gasteiger partial charge is 0.0810 e. The van der Waals surface area contributed by atoms with E-state index in [1.54, 1.807) is 0 Å². The predicted octanol–water partition coefficient (Wildman–Crippen LogP) is 2.36. The van der Waals surface area contributed by atoms with Crippen molar-refractivity contribution < 1.29 is 9.84 Å². The van der Waals surface area contributed by atoms with E-state index < -0.39 is 0 Å². The number of hydrogen-bond acceptors (Lipinski definition) is 2. The summed E-state index contributed by atoms with van der Waals surface area (Å²) in [5.74, 6) is 0. The highest BCUT2D eigenvalue weighted by atomic mass is 16.5. The van der Waals surface area contributed by atoms with Gasteiger partial charge in [0.15, 0.2) is 0 Å². The maximum absolute atomic E-state index is 9.48. The molecule has 0 spiro atoms. The van der Waals surface area contributed by atoms with Gasteiger partial charge in [-0.05, 0) is 18.9 Å². The van der Waals surface area contributed by atoms with Crippen LogP contribution in [0.2, 0.25) is 0 Å². The quantitative estimate of drug-likeness (QED) is 0.779. The number of ether oxygens (including phenoxy) is 1. The third kappa shape index (κ3) is 3.48. The molecule has 1 N–H and O–H groups in total. The minimum absolute atomic E-state index is 0.0970. The van der Waals surface area contributed by atoms with Crippen molar-refractivity contribution in [2.45, 2.75) is 39.1 Å². The third-order valence-electron chi connectivity index (χ3n) is 2.32. The first kappa shape index (κ1) is 11.2. The molecule has 0 aliphatic heterocycles. The number of aliphatic hydroxyl groups excluding tert-OH is 1. The molecule has 0 aliphatic carbocycles. The molecule has 0 bridgehead atoms. The molecule has 0 heterocycles. The molecule has 2 atom stereocenters.